The van der Waals surface area contributed by atoms with Gasteiger partial charge in [0.05, 0.1) is 38.5 Å². The van der Waals surface area contributed by atoms with Crippen LogP contribution >= 0.6 is 27.3 Å². The van der Waals surface area contributed by atoms with Crippen LogP contribution in [0.15, 0.2) is 9.98 Å². The van der Waals surface area contributed by atoms with Crippen LogP contribution in [0.2, 0.25) is 0 Å². The fraction of sp³-hybridized carbons (Fsp3) is 0.667. The predicted octanol–water partition coefficient (Wildman–Crippen LogP) is 1.51. The summed E-state index contributed by atoms with van der Waals surface area (Å²) >= 11 is 5.06. The highest BCUT2D eigenvalue weighted by Gasteiger charge is 2.36. The Morgan fingerprint density at radius 3 is 2.33 bits per heavy atom. The van der Waals surface area contributed by atoms with E-state index in [-0.39, 0.29) is 0 Å². The van der Waals surface area contributed by atoms with Crippen LogP contribution in [0.25, 0.3) is 0 Å². The third kappa shape index (κ3) is 1.80. The lowest BCUT2D eigenvalue weighted by Gasteiger charge is -2.45. The molecular formula is C9H11BrN2O2S. The zero-order valence-corrected chi connectivity index (χ0v) is 10.5. The maximum atomic E-state index is 5.54. The molecule has 4 nitrogen and oxygen atoms in total. The van der Waals surface area contributed by atoms with Crippen LogP contribution in [0.1, 0.15) is 0 Å². The molecule has 15 heavy (non-hydrogen) atoms. The summed E-state index contributed by atoms with van der Waals surface area (Å²) in [5.74, 6) is 0. The Labute approximate surface area is 100 Å². The number of thiazole rings is 1. The van der Waals surface area contributed by atoms with Gasteiger partial charge in [-0.15, -0.1) is 11.3 Å². The lowest BCUT2D eigenvalue weighted by atomic mass is 10.1. The van der Waals surface area contributed by atoms with Crippen LogP contribution < -0.4 is 4.90 Å². The molecule has 82 valence electrons. The molecule has 3 heterocycles. The van der Waals surface area contributed by atoms with E-state index in [4.69, 9.17) is 9.47 Å². The van der Waals surface area contributed by atoms with Crippen LogP contribution in [0, 0.1) is 0 Å². The molecule has 2 aliphatic rings. The van der Waals surface area contributed by atoms with E-state index in [1.54, 1.807) is 11.3 Å². The second-order valence-electron chi connectivity index (χ2n) is 3.74. The second-order valence-corrected chi connectivity index (χ2v) is 5.39. The monoisotopic (exact) mass is 290 g/mol. The van der Waals surface area contributed by atoms with Crippen molar-refractivity contribution >= 4 is 32.4 Å². The third-order valence-corrected chi connectivity index (χ3v) is 4.28. The van der Waals surface area contributed by atoms with E-state index < -0.39 is 0 Å². The van der Waals surface area contributed by atoms with Gasteiger partial charge in [0.1, 0.15) is 4.60 Å². The average Bonchev–Trinajstić information content (AvgIpc) is 2.63. The number of ether oxygens (including phenoxy) is 2. The van der Waals surface area contributed by atoms with Crippen LogP contribution in [-0.4, -0.2) is 43.5 Å². The Hall–Kier alpha value is -0.170. The molecule has 0 amide bonds. The molecule has 3 rings (SSSR count). The standard InChI is InChI=1S/C9H11BrN2O2S/c10-8-5-15-9(11-8)12-6-1-13-3-7(12)4-14-2-6/h5-7H,1-4H2. The van der Waals surface area contributed by atoms with E-state index in [9.17, 15) is 0 Å². The molecule has 1 aromatic rings. The minimum absolute atomic E-state index is 0.329. The van der Waals surface area contributed by atoms with Gasteiger partial charge in [-0.1, -0.05) is 0 Å². The summed E-state index contributed by atoms with van der Waals surface area (Å²) in [5.41, 5.74) is 0. The third-order valence-electron chi connectivity index (χ3n) is 2.71. The van der Waals surface area contributed by atoms with E-state index in [2.05, 4.69) is 25.8 Å². The highest BCUT2D eigenvalue weighted by atomic mass is 79.9. The van der Waals surface area contributed by atoms with E-state index in [1.807, 2.05) is 5.38 Å². The van der Waals surface area contributed by atoms with Gasteiger partial charge in [0, 0.05) is 5.38 Å². The number of anilines is 1. The van der Waals surface area contributed by atoms with Crippen molar-refractivity contribution in [3.8, 4) is 0 Å². The number of hydrogen-bond donors (Lipinski definition) is 0. The number of nitrogens with zero attached hydrogens (tertiary/aromatic N) is 2. The fourth-order valence-electron chi connectivity index (χ4n) is 2.07. The van der Waals surface area contributed by atoms with Gasteiger partial charge in [-0.2, -0.15) is 0 Å². The van der Waals surface area contributed by atoms with Crippen LogP contribution in [0.5, 0.6) is 0 Å². The first-order valence-corrected chi connectivity index (χ1v) is 6.57. The van der Waals surface area contributed by atoms with Crippen molar-refractivity contribution in [2.24, 2.45) is 0 Å². The van der Waals surface area contributed by atoms with E-state index >= 15 is 0 Å². The Morgan fingerprint density at radius 2 is 1.87 bits per heavy atom. The Balaban J connectivity index is 1.90. The number of rotatable bonds is 1. The molecule has 2 saturated heterocycles. The average molecular weight is 291 g/mol. The molecule has 2 fully saturated rings. The van der Waals surface area contributed by atoms with Crippen LogP contribution in [0.3, 0.4) is 0 Å². The lowest BCUT2D eigenvalue weighted by molar-refractivity contribution is -0.0346. The molecule has 0 aromatic carbocycles. The highest BCUT2D eigenvalue weighted by molar-refractivity contribution is 9.10. The molecule has 2 bridgehead atoms. The largest absolute Gasteiger partial charge is 0.377 e. The summed E-state index contributed by atoms with van der Waals surface area (Å²) in [7, 11) is 0. The van der Waals surface area contributed by atoms with Crippen molar-refractivity contribution < 1.29 is 9.47 Å². The van der Waals surface area contributed by atoms with Crippen molar-refractivity contribution in [1.29, 1.82) is 0 Å². The summed E-state index contributed by atoms with van der Waals surface area (Å²) in [6.45, 7) is 2.97. The first-order valence-electron chi connectivity index (χ1n) is 4.89. The van der Waals surface area contributed by atoms with Gasteiger partial charge in [0.15, 0.2) is 5.13 Å². The second kappa shape index (κ2) is 4.01. The maximum absolute atomic E-state index is 5.54. The van der Waals surface area contributed by atoms with Gasteiger partial charge in [0.2, 0.25) is 0 Å². The van der Waals surface area contributed by atoms with Crippen LogP contribution in [-0.2, 0) is 9.47 Å². The van der Waals surface area contributed by atoms with Gasteiger partial charge in [0.25, 0.3) is 0 Å². The number of aromatic nitrogens is 1. The zero-order chi connectivity index (χ0) is 10.3. The first-order chi connectivity index (χ1) is 7.34. The Bertz CT molecular complexity index is 338. The van der Waals surface area contributed by atoms with Gasteiger partial charge in [-0.25, -0.2) is 4.98 Å². The van der Waals surface area contributed by atoms with E-state index in [0.29, 0.717) is 12.1 Å². The molecule has 2 aliphatic heterocycles. The summed E-state index contributed by atoms with van der Waals surface area (Å²) in [6, 6.07) is 0.658. The molecule has 6 heteroatoms. The number of halogens is 1. The van der Waals surface area contributed by atoms with Crippen molar-refractivity contribution in [3.63, 3.8) is 0 Å². The topological polar surface area (TPSA) is 34.6 Å². The summed E-state index contributed by atoms with van der Waals surface area (Å²) < 4.78 is 12.0. The van der Waals surface area contributed by atoms with Gasteiger partial charge in [-0.3, -0.25) is 0 Å². The fourth-order valence-corrected chi connectivity index (χ4v) is 3.46. The predicted molar refractivity (Wildman–Crippen MR) is 61.5 cm³/mol. The first kappa shape index (κ1) is 10.0. The molecule has 0 unspecified atom stereocenters. The van der Waals surface area contributed by atoms with Crippen molar-refractivity contribution in [1.82, 2.24) is 4.98 Å². The molecule has 0 aliphatic carbocycles. The van der Waals surface area contributed by atoms with E-state index in [1.165, 1.54) is 0 Å². The minimum Gasteiger partial charge on any atom is -0.377 e. The molecular weight excluding hydrogens is 280 g/mol. The van der Waals surface area contributed by atoms with Crippen LogP contribution in [0.4, 0.5) is 5.13 Å². The summed E-state index contributed by atoms with van der Waals surface area (Å²) in [5, 5.41) is 3.09. The zero-order valence-electron chi connectivity index (χ0n) is 8.06. The molecule has 0 saturated carbocycles. The van der Waals surface area contributed by atoms with E-state index in [0.717, 1.165) is 36.2 Å². The van der Waals surface area contributed by atoms with Gasteiger partial charge in [-0.05, 0) is 15.9 Å². The highest BCUT2D eigenvalue weighted by Crippen LogP contribution is 2.31. The molecule has 0 spiro atoms. The van der Waals surface area contributed by atoms with Crippen molar-refractivity contribution in [3.05, 3.63) is 9.98 Å². The SMILES string of the molecule is Brc1csc(N2C3COCC2COC3)n1. The Morgan fingerprint density at radius 1 is 1.27 bits per heavy atom. The minimum atomic E-state index is 0.329. The molecule has 1 aromatic heterocycles. The molecule has 0 atom stereocenters. The number of hydrogen-bond acceptors (Lipinski definition) is 5. The van der Waals surface area contributed by atoms with Crippen molar-refractivity contribution in [2.45, 2.75) is 12.1 Å². The normalized spacial score (nSPS) is 30.6. The smallest absolute Gasteiger partial charge is 0.187 e. The molecule has 0 N–H and O–H groups in total. The summed E-state index contributed by atoms with van der Waals surface area (Å²) in [6.07, 6.45) is 0. The van der Waals surface area contributed by atoms with Crippen molar-refractivity contribution in [2.75, 3.05) is 31.3 Å². The maximum Gasteiger partial charge on any atom is 0.187 e. The van der Waals surface area contributed by atoms with Gasteiger partial charge >= 0.3 is 0 Å². The number of fused-ring (bicyclic) bond motifs is 2. The number of morpholine rings is 2. The Kier molecular flexibility index (Phi) is 2.68. The van der Waals surface area contributed by atoms with Gasteiger partial charge < -0.3 is 14.4 Å². The molecule has 0 radical (unpaired) electrons. The quantitative estimate of drug-likeness (QED) is 0.785. The lowest BCUT2D eigenvalue weighted by Crippen LogP contribution is -2.59. The summed E-state index contributed by atoms with van der Waals surface area (Å²) in [4.78, 5) is 6.82.